The number of benzene rings is 2. The lowest BCUT2D eigenvalue weighted by atomic mass is 9.85. The van der Waals surface area contributed by atoms with Crippen LogP contribution in [-0.2, 0) is 35.1 Å². The van der Waals surface area contributed by atoms with Crippen molar-refractivity contribution < 1.29 is 33.4 Å². The fourth-order valence-corrected chi connectivity index (χ4v) is 5.59. The molecule has 1 heterocycles. The lowest BCUT2D eigenvalue weighted by Gasteiger charge is -2.26. The number of fused-ring (bicyclic) bond motifs is 5. The third-order valence-corrected chi connectivity index (χ3v) is 7.30. The van der Waals surface area contributed by atoms with Crippen molar-refractivity contribution in [2.24, 2.45) is 23.7 Å². The average molecular weight is 503 g/mol. The fraction of sp³-hybridized carbons (Fsp3) is 0.321. The summed E-state index contributed by atoms with van der Waals surface area (Å²) in [5, 5.41) is 2.59. The molecule has 3 aliphatic rings. The first-order chi connectivity index (χ1) is 17.9. The third-order valence-electron chi connectivity index (χ3n) is 7.30. The highest BCUT2D eigenvalue weighted by Gasteiger charge is 2.61. The van der Waals surface area contributed by atoms with Gasteiger partial charge in [-0.05, 0) is 48.1 Å². The first-order valence-corrected chi connectivity index (χ1v) is 12.1. The maximum atomic E-state index is 13.4. The molecule has 5 atom stereocenters. The number of allylic oxidation sites excluding steroid dienone is 2. The smallest absolute Gasteiger partial charge is 0.337 e. The molecule has 1 saturated carbocycles. The molecule has 1 saturated heterocycles. The maximum Gasteiger partial charge on any atom is 0.337 e. The first kappa shape index (κ1) is 24.4. The van der Waals surface area contributed by atoms with E-state index in [0.29, 0.717) is 11.3 Å². The highest BCUT2D eigenvalue weighted by molar-refractivity contribution is 6.09. The van der Waals surface area contributed by atoms with Crippen LogP contribution in [0, 0.1) is 23.7 Å². The number of likely N-dealkylation sites (tertiary alicyclic amines) is 1. The minimum absolute atomic E-state index is 0.0150. The number of carbonyl (C=O) groups is 5. The molecule has 2 aromatic rings. The van der Waals surface area contributed by atoms with E-state index in [9.17, 15) is 24.0 Å². The van der Waals surface area contributed by atoms with E-state index in [1.807, 2.05) is 42.5 Å². The predicted molar refractivity (Wildman–Crippen MR) is 131 cm³/mol. The molecule has 2 aromatic carbocycles. The van der Waals surface area contributed by atoms with Crippen molar-refractivity contribution in [3.63, 3.8) is 0 Å². The van der Waals surface area contributed by atoms with Crippen molar-refractivity contribution in [1.82, 2.24) is 4.90 Å². The van der Waals surface area contributed by atoms with Gasteiger partial charge in [-0.2, -0.15) is 0 Å². The van der Waals surface area contributed by atoms with E-state index in [-0.39, 0.29) is 30.1 Å². The van der Waals surface area contributed by atoms with Gasteiger partial charge in [0.15, 0.2) is 6.61 Å². The summed E-state index contributed by atoms with van der Waals surface area (Å²) in [5.41, 5.74) is 1.48. The van der Waals surface area contributed by atoms with Crippen LogP contribution in [0.25, 0.3) is 0 Å². The van der Waals surface area contributed by atoms with Gasteiger partial charge in [-0.25, -0.2) is 9.59 Å². The van der Waals surface area contributed by atoms with Gasteiger partial charge in [0.25, 0.3) is 5.91 Å². The molecule has 9 heteroatoms. The molecular weight excluding hydrogens is 476 g/mol. The van der Waals surface area contributed by atoms with E-state index < -0.39 is 42.3 Å². The van der Waals surface area contributed by atoms with Gasteiger partial charge in [0.2, 0.25) is 11.8 Å². The molecule has 0 aromatic heterocycles. The number of imide groups is 1. The minimum Gasteiger partial charge on any atom is -0.465 e. The molecule has 37 heavy (non-hydrogen) atoms. The summed E-state index contributed by atoms with van der Waals surface area (Å²) in [6.45, 7) is -0.598. The Bertz CT molecular complexity index is 1240. The summed E-state index contributed by atoms with van der Waals surface area (Å²) in [6, 6.07) is 13.9. The van der Waals surface area contributed by atoms with Crippen LogP contribution in [0.4, 0.5) is 5.69 Å². The Kier molecular flexibility index (Phi) is 6.60. The number of nitrogens with zero attached hydrogens (tertiary/aromatic N) is 1. The molecule has 2 fully saturated rings. The Labute approximate surface area is 213 Å². The lowest BCUT2D eigenvalue weighted by Crippen LogP contribution is -2.48. The van der Waals surface area contributed by atoms with Crippen LogP contribution in [0.5, 0.6) is 0 Å². The van der Waals surface area contributed by atoms with Crippen LogP contribution in [-0.4, -0.2) is 54.3 Å². The summed E-state index contributed by atoms with van der Waals surface area (Å²) in [4.78, 5) is 65.0. The second kappa shape index (κ2) is 10.0. The van der Waals surface area contributed by atoms with Crippen molar-refractivity contribution in [1.29, 1.82) is 0 Å². The molecule has 190 valence electrons. The Hall–Kier alpha value is -4.27. The van der Waals surface area contributed by atoms with E-state index in [1.165, 1.54) is 31.4 Å². The van der Waals surface area contributed by atoms with Crippen LogP contribution >= 0.6 is 0 Å². The number of esters is 2. The number of amides is 3. The SMILES string of the molecule is COC(=O)c1ccc(NC(=O)COC(=O)[C@@H](Cc2ccccc2)N2C(=O)[C@@H]3[C@H](C2=O)[C@H]2C=C[C@H]3C2)cc1. The van der Waals surface area contributed by atoms with Crippen molar-refractivity contribution in [2.75, 3.05) is 19.0 Å². The molecule has 9 nitrogen and oxygen atoms in total. The van der Waals surface area contributed by atoms with E-state index in [0.717, 1.165) is 16.9 Å². The molecule has 0 radical (unpaired) electrons. The number of rotatable bonds is 8. The van der Waals surface area contributed by atoms with Crippen molar-refractivity contribution in [2.45, 2.75) is 18.9 Å². The molecule has 2 aliphatic carbocycles. The zero-order valence-electron chi connectivity index (χ0n) is 20.2. The van der Waals surface area contributed by atoms with Gasteiger partial charge in [0.05, 0.1) is 24.5 Å². The van der Waals surface area contributed by atoms with Crippen LogP contribution in [0.2, 0.25) is 0 Å². The summed E-state index contributed by atoms with van der Waals surface area (Å²) >= 11 is 0. The second-order valence-electron chi connectivity index (χ2n) is 9.48. The molecular formula is C28H26N2O7. The molecule has 0 unspecified atom stereocenters. The number of methoxy groups -OCH3 is 1. The van der Waals surface area contributed by atoms with Gasteiger partial charge in [0.1, 0.15) is 6.04 Å². The number of hydrogen-bond acceptors (Lipinski definition) is 7. The Morgan fingerprint density at radius 1 is 0.946 bits per heavy atom. The normalized spacial score (nSPS) is 24.1. The van der Waals surface area contributed by atoms with Crippen LogP contribution in [0.3, 0.4) is 0 Å². The van der Waals surface area contributed by atoms with Crippen LogP contribution in [0.1, 0.15) is 22.3 Å². The third kappa shape index (κ3) is 4.64. The molecule has 0 spiro atoms. The van der Waals surface area contributed by atoms with Crippen molar-refractivity contribution >= 4 is 35.3 Å². The number of anilines is 1. The van der Waals surface area contributed by atoms with Crippen molar-refractivity contribution in [3.8, 4) is 0 Å². The van der Waals surface area contributed by atoms with Gasteiger partial charge in [-0.15, -0.1) is 0 Å². The topological polar surface area (TPSA) is 119 Å². The average Bonchev–Trinajstić information content (AvgIpc) is 3.60. The van der Waals surface area contributed by atoms with E-state index in [2.05, 4.69) is 10.1 Å². The largest absolute Gasteiger partial charge is 0.465 e. The zero-order valence-corrected chi connectivity index (χ0v) is 20.2. The fourth-order valence-electron chi connectivity index (χ4n) is 5.59. The Morgan fingerprint density at radius 2 is 1.57 bits per heavy atom. The Morgan fingerprint density at radius 3 is 2.16 bits per heavy atom. The highest BCUT2D eigenvalue weighted by atomic mass is 16.5. The maximum absolute atomic E-state index is 13.4. The predicted octanol–water partition coefficient (Wildman–Crippen LogP) is 2.37. The van der Waals surface area contributed by atoms with Crippen LogP contribution in [0.15, 0.2) is 66.7 Å². The first-order valence-electron chi connectivity index (χ1n) is 12.1. The summed E-state index contributed by atoms with van der Waals surface area (Å²) in [7, 11) is 1.27. The summed E-state index contributed by atoms with van der Waals surface area (Å²) < 4.78 is 9.95. The number of ether oxygens (including phenoxy) is 2. The molecule has 2 bridgehead atoms. The van der Waals surface area contributed by atoms with Crippen LogP contribution < -0.4 is 5.32 Å². The van der Waals surface area contributed by atoms with Gasteiger partial charge >= 0.3 is 11.9 Å². The lowest BCUT2D eigenvalue weighted by molar-refractivity contribution is -0.160. The summed E-state index contributed by atoms with van der Waals surface area (Å²) in [6.07, 6.45) is 4.87. The van der Waals surface area contributed by atoms with E-state index in [4.69, 9.17) is 4.74 Å². The molecule has 3 amide bonds. The number of carbonyl (C=O) groups excluding carboxylic acids is 5. The number of hydrogen-bond donors (Lipinski definition) is 1. The van der Waals surface area contributed by atoms with Gasteiger partial charge in [0, 0.05) is 12.1 Å². The monoisotopic (exact) mass is 502 g/mol. The van der Waals surface area contributed by atoms with Crippen molar-refractivity contribution in [3.05, 3.63) is 77.9 Å². The minimum atomic E-state index is -1.17. The summed E-state index contributed by atoms with van der Waals surface area (Å²) in [5.74, 6) is -3.47. The second-order valence-corrected chi connectivity index (χ2v) is 9.48. The number of nitrogens with one attached hydrogen (secondary N) is 1. The van der Waals surface area contributed by atoms with Gasteiger partial charge in [-0.1, -0.05) is 42.5 Å². The van der Waals surface area contributed by atoms with Gasteiger partial charge < -0.3 is 14.8 Å². The zero-order chi connectivity index (χ0) is 26.1. The standard InChI is InChI=1S/C28H26N2O7/c1-36-27(34)17-9-11-20(12-10-17)29-22(31)15-37-28(35)21(13-16-5-3-2-4-6-16)30-25(32)23-18-7-8-19(14-18)24(23)26(30)33/h2-12,18-19,21,23-24H,13-15H2,1H3,(H,29,31)/t18-,19-,21+,23-,24+/m0/s1. The highest BCUT2D eigenvalue weighted by Crippen LogP contribution is 2.53. The molecule has 1 aliphatic heterocycles. The van der Waals surface area contributed by atoms with E-state index in [1.54, 1.807) is 0 Å². The quantitative estimate of drug-likeness (QED) is 0.334. The molecule has 1 N–H and O–H groups in total. The Balaban J connectivity index is 1.27. The molecule has 5 rings (SSSR count). The van der Waals surface area contributed by atoms with Gasteiger partial charge in [-0.3, -0.25) is 19.3 Å². The van der Waals surface area contributed by atoms with E-state index >= 15 is 0 Å².